The van der Waals surface area contributed by atoms with Crippen LogP contribution in [0.2, 0.25) is 5.28 Å². The van der Waals surface area contributed by atoms with Gasteiger partial charge in [0, 0.05) is 6.20 Å². The van der Waals surface area contributed by atoms with Crippen molar-refractivity contribution < 1.29 is 4.79 Å². The highest BCUT2D eigenvalue weighted by molar-refractivity contribution is 6.28. The van der Waals surface area contributed by atoms with E-state index < -0.39 is 0 Å². The van der Waals surface area contributed by atoms with E-state index >= 15 is 0 Å². The van der Waals surface area contributed by atoms with Crippen LogP contribution in [0.1, 0.15) is 29.4 Å². The van der Waals surface area contributed by atoms with Gasteiger partial charge in [0.05, 0.1) is 12.2 Å². The van der Waals surface area contributed by atoms with E-state index in [-0.39, 0.29) is 22.9 Å². The van der Waals surface area contributed by atoms with E-state index in [9.17, 15) is 4.79 Å². The fraction of sp³-hybridized carbons (Fsp3) is 0.417. The summed E-state index contributed by atoms with van der Waals surface area (Å²) in [7, 11) is 0. The van der Waals surface area contributed by atoms with Crippen LogP contribution < -0.4 is 10.6 Å². The van der Waals surface area contributed by atoms with Gasteiger partial charge in [0.15, 0.2) is 5.69 Å². The van der Waals surface area contributed by atoms with Gasteiger partial charge >= 0.3 is 0 Å². The van der Waals surface area contributed by atoms with Crippen LogP contribution in [0, 0.1) is 0 Å². The maximum atomic E-state index is 12.1. The summed E-state index contributed by atoms with van der Waals surface area (Å²) in [6.45, 7) is 1.90. The Bertz CT molecular complexity index is 638. The smallest absolute Gasteiger partial charge is 0.278 e. The minimum absolute atomic E-state index is 0.0751. The lowest BCUT2D eigenvalue weighted by Crippen LogP contribution is -2.29. The number of anilines is 1. The van der Waals surface area contributed by atoms with Crippen LogP contribution in [-0.2, 0) is 0 Å². The Hall–Kier alpha value is -2.06. The molecule has 8 nitrogen and oxygen atoms in total. The van der Waals surface area contributed by atoms with Gasteiger partial charge in [-0.1, -0.05) is 5.21 Å². The Balaban J connectivity index is 1.69. The second kappa shape index (κ2) is 6.15. The maximum Gasteiger partial charge on any atom is 0.278 e. The molecule has 1 fully saturated rings. The highest BCUT2D eigenvalue weighted by atomic mass is 35.5. The van der Waals surface area contributed by atoms with Gasteiger partial charge in [-0.3, -0.25) is 4.79 Å². The fourth-order valence-electron chi connectivity index (χ4n) is 2.22. The lowest BCUT2D eigenvalue weighted by Gasteiger charge is -2.22. The Kier molecular flexibility index (Phi) is 4.07. The fourth-order valence-corrected chi connectivity index (χ4v) is 2.36. The number of halogens is 1. The molecule has 3 rings (SSSR count). The van der Waals surface area contributed by atoms with Gasteiger partial charge in [0.1, 0.15) is 5.82 Å². The summed E-state index contributed by atoms with van der Waals surface area (Å²) in [4.78, 5) is 19.7. The lowest BCUT2D eigenvalue weighted by molar-refractivity contribution is 0.102. The number of rotatable bonds is 3. The molecule has 0 radical (unpaired) electrons. The number of aromatic nitrogens is 5. The third-order valence-corrected chi connectivity index (χ3v) is 3.48. The van der Waals surface area contributed by atoms with Crippen LogP contribution in [-0.4, -0.2) is 44.0 Å². The van der Waals surface area contributed by atoms with Crippen LogP contribution in [0.4, 0.5) is 5.82 Å². The second-order valence-corrected chi connectivity index (χ2v) is 5.07. The van der Waals surface area contributed by atoms with E-state index in [1.54, 1.807) is 16.9 Å². The summed E-state index contributed by atoms with van der Waals surface area (Å²) >= 11 is 5.67. The summed E-state index contributed by atoms with van der Waals surface area (Å²) in [5, 5.41) is 13.9. The highest BCUT2D eigenvalue weighted by Crippen LogP contribution is 2.17. The first-order valence-electron chi connectivity index (χ1n) is 6.65. The molecule has 0 spiro atoms. The average molecular weight is 308 g/mol. The number of carbonyl (C=O) groups is 1. The molecule has 2 aromatic heterocycles. The summed E-state index contributed by atoms with van der Waals surface area (Å²) in [6, 6.07) is 1.84. The van der Waals surface area contributed by atoms with Crippen molar-refractivity contribution in [2.75, 3.05) is 18.4 Å². The molecule has 21 heavy (non-hydrogen) atoms. The quantitative estimate of drug-likeness (QED) is 0.818. The molecule has 0 aliphatic carbocycles. The lowest BCUT2D eigenvalue weighted by atomic mass is 10.1. The first kappa shape index (κ1) is 13.9. The van der Waals surface area contributed by atoms with Crippen LogP contribution in [0.5, 0.6) is 0 Å². The van der Waals surface area contributed by atoms with E-state index in [2.05, 4.69) is 30.9 Å². The van der Waals surface area contributed by atoms with Crippen molar-refractivity contribution in [2.45, 2.75) is 18.9 Å². The SMILES string of the molecule is O=C(Nc1ccnc(Cl)n1)c1cn(C2CCNCC2)nn1. The number of nitrogens with zero attached hydrogens (tertiary/aromatic N) is 5. The van der Waals surface area contributed by atoms with Crippen LogP contribution in [0.25, 0.3) is 0 Å². The molecule has 9 heteroatoms. The molecular weight excluding hydrogens is 294 g/mol. The van der Waals surface area contributed by atoms with E-state index in [0.717, 1.165) is 25.9 Å². The van der Waals surface area contributed by atoms with E-state index in [1.165, 1.54) is 6.20 Å². The zero-order valence-electron chi connectivity index (χ0n) is 11.2. The Morgan fingerprint density at radius 3 is 3.00 bits per heavy atom. The molecule has 2 N–H and O–H groups in total. The zero-order valence-corrected chi connectivity index (χ0v) is 11.9. The largest absolute Gasteiger partial charge is 0.317 e. The van der Waals surface area contributed by atoms with Gasteiger partial charge in [-0.2, -0.15) is 0 Å². The molecule has 1 saturated heterocycles. The molecule has 0 unspecified atom stereocenters. The molecule has 1 aliphatic rings. The van der Waals surface area contributed by atoms with Gasteiger partial charge in [-0.25, -0.2) is 14.6 Å². The molecule has 0 saturated carbocycles. The minimum Gasteiger partial charge on any atom is -0.317 e. The third kappa shape index (κ3) is 3.34. The van der Waals surface area contributed by atoms with Crippen LogP contribution >= 0.6 is 11.6 Å². The summed E-state index contributed by atoms with van der Waals surface area (Å²) in [5.74, 6) is -0.0404. The Morgan fingerprint density at radius 2 is 2.24 bits per heavy atom. The number of amides is 1. The second-order valence-electron chi connectivity index (χ2n) is 4.73. The van der Waals surface area contributed by atoms with Gasteiger partial charge in [-0.15, -0.1) is 5.10 Å². The number of piperidine rings is 1. The summed E-state index contributed by atoms with van der Waals surface area (Å²) < 4.78 is 1.75. The van der Waals surface area contributed by atoms with Crippen molar-refractivity contribution in [3.05, 3.63) is 29.4 Å². The van der Waals surface area contributed by atoms with E-state index in [0.29, 0.717) is 5.82 Å². The van der Waals surface area contributed by atoms with Crippen molar-refractivity contribution in [3.63, 3.8) is 0 Å². The predicted octanol–water partition coefficient (Wildman–Crippen LogP) is 0.898. The van der Waals surface area contributed by atoms with Gasteiger partial charge in [0.2, 0.25) is 5.28 Å². The minimum atomic E-state index is -0.370. The standard InChI is InChI=1S/C12H14ClN7O/c13-12-15-6-3-10(17-12)16-11(21)9-7-20(19-18-9)8-1-4-14-5-2-8/h3,6-8,14H,1-2,4-5H2,(H,15,16,17,21). The first-order valence-corrected chi connectivity index (χ1v) is 7.02. The van der Waals surface area contributed by atoms with Crippen LogP contribution in [0.3, 0.4) is 0 Å². The Labute approximate surface area is 125 Å². The highest BCUT2D eigenvalue weighted by Gasteiger charge is 2.19. The van der Waals surface area contributed by atoms with Gasteiger partial charge < -0.3 is 10.6 Å². The van der Waals surface area contributed by atoms with Crippen molar-refractivity contribution in [2.24, 2.45) is 0 Å². The normalized spacial score (nSPS) is 15.9. The third-order valence-electron chi connectivity index (χ3n) is 3.29. The van der Waals surface area contributed by atoms with Crippen LogP contribution in [0.15, 0.2) is 18.5 Å². The molecule has 1 amide bonds. The first-order chi connectivity index (χ1) is 10.2. The number of nitrogens with one attached hydrogen (secondary N) is 2. The average Bonchev–Trinajstić information content (AvgIpc) is 2.98. The monoisotopic (exact) mass is 307 g/mol. The van der Waals surface area contributed by atoms with E-state index in [1.807, 2.05) is 0 Å². The molecular formula is C12H14ClN7O. The van der Waals surface area contributed by atoms with Gasteiger partial charge in [0.25, 0.3) is 5.91 Å². The molecule has 0 bridgehead atoms. The predicted molar refractivity (Wildman–Crippen MR) is 76.2 cm³/mol. The number of hydrogen-bond donors (Lipinski definition) is 2. The molecule has 0 atom stereocenters. The molecule has 1 aliphatic heterocycles. The van der Waals surface area contributed by atoms with Crippen molar-refractivity contribution in [1.82, 2.24) is 30.3 Å². The van der Waals surface area contributed by atoms with Crippen molar-refractivity contribution in [3.8, 4) is 0 Å². The van der Waals surface area contributed by atoms with Crippen molar-refractivity contribution in [1.29, 1.82) is 0 Å². The maximum absolute atomic E-state index is 12.1. The van der Waals surface area contributed by atoms with E-state index in [4.69, 9.17) is 11.6 Å². The number of carbonyl (C=O) groups excluding carboxylic acids is 1. The summed E-state index contributed by atoms with van der Waals surface area (Å²) in [6.07, 6.45) is 5.09. The Morgan fingerprint density at radius 1 is 1.43 bits per heavy atom. The zero-order chi connectivity index (χ0) is 14.7. The van der Waals surface area contributed by atoms with Gasteiger partial charge in [-0.05, 0) is 43.6 Å². The molecule has 0 aromatic carbocycles. The summed E-state index contributed by atoms with van der Waals surface area (Å²) in [5.41, 5.74) is 0.253. The number of hydrogen-bond acceptors (Lipinski definition) is 6. The molecule has 110 valence electrons. The molecule has 3 heterocycles. The topological polar surface area (TPSA) is 97.6 Å². The molecule has 2 aromatic rings. The van der Waals surface area contributed by atoms with Crippen molar-refractivity contribution >= 4 is 23.3 Å².